The topological polar surface area (TPSA) is 89.5 Å². The molecule has 0 amide bonds. The predicted molar refractivity (Wildman–Crippen MR) is 92.3 cm³/mol. The first-order valence-corrected chi connectivity index (χ1v) is 9.38. The maximum Gasteiger partial charge on any atom is 0.340 e. The molecule has 0 atom stereocenters. The number of ether oxygens (including phenoxy) is 1. The molecule has 8 heteroatoms. The number of hydrogen-bond donors (Lipinski definition) is 1. The number of rotatable bonds is 4. The van der Waals surface area contributed by atoms with Crippen molar-refractivity contribution < 1.29 is 27.1 Å². The number of hydrogen-bond acceptors (Lipinski definition) is 5. The van der Waals surface area contributed by atoms with Crippen molar-refractivity contribution in [2.45, 2.75) is 24.2 Å². The number of sulfonamides is 1. The number of anilines is 1. The third-order valence-corrected chi connectivity index (χ3v) is 5.58. The van der Waals surface area contributed by atoms with E-state index in [1.165, 1.54) is 18.2 Å². The number of nitrogens with one attached hydrogen (secondary N) is 1. The Morgan fingerprint density at radius 3 is 2.58 bits per heavy atom. The summed E-state index contributed by atoms with van der Waals surface area (Å²) in [6, 6.07) is 7.87. The van der Waals surface area contributed by atoms with Gasteiger partial charge in [-0.3, -0.25) is 9.52 Å². The number of benzene rings is 2. The van der Waals surface area contributed by atoms with Gasteiger partial charge in [0.25, 0.3) is 10.0 Å². The summed E-state index contributed by atoms with van der Waals surface area (Å²) in [7, 11) is -3.15. The molecule has 136 valence electrons. The first-order valence-electron chi connectivity index (χ1n) is 7.90. The van der Waals surface area contributed by atoms with Crippen LogP contribution in [0.1, 0.15) is 39.1 Å². The molecular weight excluding hydrogens is 361 g/mol. The molecule has 26 heavy (non-hydrogen) atoms. The number of fused-ring (bicyclic) bond motifs is 1. The van der Waals surface area contributed by atoms with Crippen LogP contribution in [0.15, 0.2) is 41.3 Å². The fourth-order valence-electron chi connectivity index (χ4n) is 3.00. The first kappa shape index (κ1) is 18.1. The van der Waals surface area contributed by atoms with Gasteiger partial charge in [-0.1, -0.05) is 18.2 Å². The van der Waals surface area contributed by atoms with E-state index < -0.39 is 26.7 Å². The molecule has 0 bridgehead atoms. The lowest BCUT2D eigenvalue weighted by Gasteiger charge is -2.20. The lowest BCUT2D eigenvalue weighted by molar-refractivity contribution is 0.0597. The molecule has 0 aromatic heterocycles. The minimum atomic E-state index is -4.30. The number of aryl methyl sites for hydroxylation is 1. The van der Waals surface area contributed by atoms with Crippen molar-refractivity contribution in [1.29, 1.82) is 0 Å². The van der Waals surface area contributed by atoms with Crippen LogP contribution in [0, 0.1) is 5.82 Å². The summed E-state index contributed by atoms with van der Waals surface area (Å²) >= 11 is 0. The molecule has 2 aromatic rings. The molecule has 0 fully saturated rings. The largest absolute Gasteiger partial charge is 0.465 e. The third kappa shape index (κ3) is 3.20. The van der Waals surface area contributed by atoms with Gasteiger partial charge >= 0.3 is 5.97 Å². The number of carbonyl (C=O) groups is 2. The number of ketones is 1. The van der Waals surface area contributed by atoms with Crippen LogP contribution in [-0.4, -0.2) is 27.3 Å². The third-order valence-electron chi connectivity index (χ3n) is 4.18. The van der Waals surface area contributed by atoms with Gasteiger partial charge in [0.1, 0.15) is 10.7 Å². The fraction of sp³-hybridized carbons (Fsp3) is 0.222. The summed E-state index contributed by atoms with van der Waals surface area (Å²) in [5, 5.41) is 0. The van der Waals surface area contributed by atoms with Crippen molar-refractivity contribution >= 4 is 27.5 Å². The Hall–Kier alpha value is -2.74. The smallest absolute Gasteiger partial charge is 0.340 e. The Morgan fingerprint density at radius 2 is 1.88 bits per heavy atom. The molecule has 0 saturated carbocycles. The normalized spacial score (nSPS) is 13.8. The van der Waals surface area contributed by atoms with Crippen molar-refractivity contribution in [2.24, 2.45) is 0 Å². The summed E-state index contributed by atoms with van der Waals surface area (Å²) in [5.41, 5.74) is 0.566. The predicted octanol–water partition coefficient (Wildman–Crippen LogP) is 2.93. The molecule has 3 rings (SSSR count). The first-order chi connectivity index (χ1) is 12.3. The lowest BCUT2D eigenvalue weighted by Crippen LogP contribution is -2.22. The van der Waals surface area contributed by atoms with Gasteiger partial charge in [-0.2, -0.15) is 0 Å². The Balaban J connectivity index is 2.14. The van der Waals surface area contributed by atoms with Gasteiger partial charge in [0.15, 0.2) is 5.78 Å². The summed E-state index contributed by atoms with van der Waals surface area (Å²) < 4.78 is 45.9. The number of methoxy groups -OCH3 is 1. The van der Waals surface area contributed by atoms with E-state index in [0.717, 1.165) is 19.2 Å². The highest BCUT2D eigenvalue weighted by molar-refractivity contribution is 7.92. The second-order valence-corrected chi connectivity index (χ2v) is 7.48. The summed E-state index contributed by atoms with van der Waals surface area (Å²) in [6.45, 7) is 0. The number of esters is 1. The van der Waals surface area contributed by atoms with Crippen LogP contribution in [-0.2, 0) is 21.2 Å². The van der Waals surface area contributed by atoms with E-state index in [1.807, 2.05) is 0 Å². The highest BCUT2D eigenvalue weighted by Crippen LogP contribution is 2.32. The number of halogens is 1. The summed E-state index contributed by atoms with van der Waals surface area (Å²) in [6.07, 6.45) is 1.53. The summed E-state index contributed by atoms with van der Waals surface area (Å²) in [5.74, 6) is -2.00. The van der Waals surface area contributed by atoms with E-state index >= 15 is 0 Å². The molecular formula is C18H16FNO5S. The summed E-state index contributed by atoms with van der Waals surface area (Å²) in [4.78, 5) is 24.0. The highest BCUT2D eigenvalue weighted by Gasteiger charge is 2.29. The van der Waals surface area contributed by atoms with Gasteiger partial charge in [-0.05, 0) is 36.6 Å². The van der Waals surface area contributed by atoms with Crippen molar-refractivity contribution in [3.05, 3.63) is 58.9 Å². The zero-order chi connectivity index (χ0) is 18.9. The van der Waals surface area contributed by atoms with Gasteiger partial charge in [-0.15, -0.1) is 0 Å². The molecule has 6 nitrogen and oxygen atoms in total. The average molecular weight is 377 g/mol. The second-order valence-electron chi connectivity index (χ2n) is 5.83. The Morgan fingerprint density at radius 1 is 1.15 bits per heavy atom. The van der Waals surface area contributed by atoms with Crippen LogP contribution in [0.4, 0.5) is 10.1 Å². The van der Waals surface area contributed by atoms with Crippen LogP contribution in [0.25, 0.3) is 0 Å². The molecule has 0 aliphatic heterocycles. The molecule has 0 radical (unpaired) electrons. The van der Waals surface area contributed by atoms with E-state index in [9.17, 15) is 22.4 Å². The van der Waals surface area contributed by atoms with Gasteiger partial charge in [0.05, 0.1) is 18.4 Å². The molecule has 1 aliphatic carbocycles. The molecule has 1 aliphatic rings. The van der Waals surface area contributed by atoms with Crippen LogP contribution in [0.3, 0.4) is 0 Å². The Kier molecular flexibility index (Phi) is 4.78. The van der Waals surface area contributed by atoms with E-state index in [2.05, 4.69) is 4.72 Å². The molecule has 0 saturated heterocycles. The van der Waals surface area contributed by atoms with Crippen molar-refractivity contribution in [3.63, 3.8) is 0 Å². The van der Waals surface area contributed by atoms with E-state index in [0.29, 0.717) is 18.4 Å². The lowest BCUT2D eigenvalue weighted by atomic mass is 9.86. The Bertz CT molecular complexity index is 1000. The maximum absolute atomic E-state index is 13.9. The quantitative estimate of drug-likeness (QED) is 0.828. The van der Waals surface area contributed by atoms with E-state index in [-0.39, 0.29) is 29.0 Å². The zero-order valence-electron chi connectivity index (χ0n) is 13.9. The van der Waals surface area contributed by atoms with Crippen LogP contribution >= 0.6 is 0 Å². The molecule has 1 N–H and O–H groups in total. The molecule has 2 aromatic carbocycles. The highest BCUT2D eigenvalue weighted by atomic mass is 32.2. The van der Waals surface area contributed by atoms with Gasteiger partial charge < -0.3 is 4.74 Å². The molecule has 0 unspecified atom stereocenters. The van der Waals surface area contributed by atoms with Crippen LogP contribution in [0.2, 0.25) is 0 Å². The minimum absolute atomic E-state index is 0.117. The van der Waals surface area contributed by atoms with Gasteiger partial charge in [0.2, 0.25) is 0 Å². The zero-order valence-corrected chi connectivity index (χ0v) is 14.7. The maximum atomic E-state index is 13.9. The Labute approximate surface area is 150 Å². The van der Waals surface area contributed by atoms with Crippen molar-refractivity contribution in [1.82, 2.24) is 0 Å². The van der Waals surface area contributed by atoms with E-state index in [1.54, 1.807) is 6.07 Å². The van der Waals surface area contributed by atoms with Crippen LogP contribution < -0.4 is 4.72 Å². The SMILES string of the molecule is COC(=O)c1c(NS(=O)(=O)c2ccccc2F)ccc2c1C(=O)CCC2. The number of Topliss-reactive ketones (excluding diaryl/α,β-unsaturated/α-hetero) is 1. The van der Waals surface area contributed by atoms with Gasteiger partial charge in [-0.25, -0.2) is 17.6 Å². The van der Waals surface area contributed by atoms with Gasteiger partial charge in [0, 0.05) is 12.0 Å². The minimum Gasteiger partial charge on any atom is -0.465 e. The molecule has 0 spiro atoms. The standard InChI is InChI=1S/C18H16FNO5S/c1-25-18(22)17-13(10-9-11-5-4-7-14(21)16(11)17)20-26(23,24)15-8-3-2-6-12(15)19/h2-3,6,8-10,20H,4-5,7H2,1H3. The monoisotopic (exact) mass is 377 g/mol. The van der Waals surface area contributed by atoms with Crippen molar-refractivity contribution in [3.8, 4) is 0 Å². The molecule has 0 heterocycles. The second kappa shape index (κ2) is 6.87. The van der Waals surface area contributed by atoms with Crippen LogP contribution in [0.5, 0.6) is 0 Å². The van der Waals surface area contributed by atoms with Crippen molar-refractivity contribution in [2.75, 3.05) is 11.8 Å². The fourth-order valence-corrected chi connectivity index (χ4v) is 4.15. The van der Waals surface area contributed by atoms with E-state index in [4.69, 9.17) is 4.74 Å². The number of carbonyl (C=O) groups excluding carboxylic acids is 2. The average Bonchev–Trinajstić information content (AvgIpc) is 2.61.